The van der Waals surface area contributed by atoms with Crippen molar-refractivity contribution in [2.45, 2.75) is 38.2 Å². The van der Waals surface area contributed by atoms with E-state index in [0.29, 0.717) is 11.5 Å². The van der Waals surface area contributed by atoms with E-state index in [-0.39, 0.29) is 0 Å². The standard InChI is InChI=1S/C11H19BrO2/c12-8-11(5-7-13-9-11)4-3-10-2-1-6-14-10/h10H,1-9H2. The smallest absolute Gasteiger partial charge is 0.0576 e. The molecular formula is C11H19BrO2. The van der Waals surface area contributed by atoms with Crippen LogP contribution in [0.3, 0.4) is 0 Å². The number of hydrogen-bond acceptors (Lipinski definition) is 2. The summed E-state index contributed by atoms with van der Waals surface area (Å²) in [4.78, 5) is 0. The summed E-state index contributed by atoms with van der Waals surface area (Å²) in [6.07, 6.45) is 6.73. The summed E-state index contributed by atoms with van der Waals surface area (Å²) in [6.45, 7) is 2.85. The lowest BCUT2D eigenvalue weighted by atomic mass is 9.83. The molecule has 2 aliphatic rings. The maximum absolute atomic E-state index is 5.65. The Kier molecular flexibility index (Phi) is 3.86. The van der Waals surface area contributed by atoms with Gasteiger partial charge in [0.05, 0.1) is 12.7 Å². The molecule has 2 heterocycles. The maximum atomic E-state index is 5.65. The van der Waals surface area contributed by atoms with Gasteiger partial charge in [0, 0.05) is 24.0 Å². The van der Waals surface area contributed by atoms with Crippen LogP contribution in [0.5, 0.6) is 0 Å². The van der Waals surface area contributed by atoms with Gasteiger partial charge in [-0.3, -0.25) is 0 Å². The quantitative estimate of drug-likeness (QED) is 0.726. The van der Waals surface area contributed by atoms with Crippen LogP contribution in [-0.4, -0.2) is 31.3 Å². The van der Waals surface area contributed by atoms with Crippen LogP contribution >= 0.6 is 15.9 Å². The van der Waals surface area contributed by atoms with Gasteiger partial charge in [0.1, 0.15) is 0 Å². The number of rotatable bonds is 4. The zero-order chi connectivity index (χ0) is 9.86. The molecule has 2 unspecified atom stereocenters. The Morgan fingerprint density at radius 2 is 2.29 bits per heavy atom. The third-order valence-electron chi connectivity index (χ3n) is 3.49. The molecular weight excluding hydrogens is 244 g/mol. The van der Waals surface area contributed by atoms with Crippen molar-refractivity contribution >= 4 is 15.9 Å². The van der Waals surface area contributed by atoms with Gasteiger partial charge in [0.2, 0.25) is 0 Å². The molecule has 0 aromatic carbocycles. The molecule has 2 fully saturated rings. The number of halogens is 1. The van der Waals surface area contributed by atoms with Gasteiger partial charge in [0.15, 0.2) is 0 Å². The minimum atomic E-state index is 0.409. The summed E-state index contributed by atoms with van der Waals surface area (Å²) in [5.41, 5.74) is 0.409. The first-order valence-corrected chi connectivity index (χ1v) is 6.72. The average molecular weight is 263 g/mol. The van der Waals surface area contributed by atoms with Crippen molar-refractivity contribution in [1.29, 1.82) is 0 Å². The van der Waals surface area contributed by atoms with Crippen molar-refractivity contribution in [2.24, 2.45) is 5.41 Å². The number of hydrogen-bond donors (Lipinski definition) is 0. The molecule has 0 aromatic heterocycles. The van der Waals surface area contributed by atoms with E-state index < -0.39 is 0 Å². The van der Waals surface area contributed by atoms with Crippen molar-refractivity contribution in [3.63, 3.8) is 0 Å². The summed E-state index contributed by atoms with van der Waals surface area (Å²) in [7, 11) is 0. The molecule has 2 aliphatic heterocycles. The summed E-state index contributed by atoms with van der Waals surface area (Å²) in [6, 6.07) is 0. The van der Waals surface area contributed by atoms with Gasteiger partial charge in [0.25, 0.3) is 0 Å². The van der Waals surface area contributed by atoms with Gasteiger partial charge < -0.3 is 9.47 Å². The molecule has 0 aromatic rings. The molecule has 0 bridgehead atoms. The lowest BCUT2D eigenvalue weighted by Crippen LogP contribution is -2.24. The van der Waals surface area contributed by atoms with E-state index in [1.165, 1.54) is 32.1 Å². The molecule has 0 amide bonds. The first-order valence-electron chi connectivity index (χ1n) is 5.60. The highest BCUT2D eigenvalue weighted by Gasteiger charge is 2.34. The van der Waals surface area contributed by atoms with Gasteiger partial charge in [-0.25, -0.2) is 0 Å². The van der Waals surface area contributed by atoms with Crippen LogP contribution in [0.4, 0.5) is 0 Å². The molecule has 2 rings (SSSR count). The molecule has 0 radical (unpaired) electrons. The fourth-order valence-electron chi connectivity index (χ4n) is 2.36. The Balaban J connectivity index is 1.76. The predicted octanol–water partition coefficient (Wildman–Crippen LogP) is 2.75. The second-order valence-electron chi connectivity index (χ2n) is 4.61. The van der Waals surface area contributed by atoms with Crippen molar-refractivity contribution in [3.8, 4) is 0 Å². The first kappa shape index (κ1) is 10.9. The Hall–Kier alpha value is 0.400. The first-order chi connectivity index (χ1) is 6.85. The molecule has 0 aliphatic carbocycles. The summed E-state index contributed by atoms with van der Waals surface area (Å²) in [5.74, 6) is 0. The second kappa shape index (κ2) is 4.95. The highest BCUT2D eigenvalue weighted by atomic mass is 79.9. The van der Waals surface area contributed by atoms with Crippen LogP contribution in [0.15, 0.2) is 0 Å². The summed E-state index contributed by atoms with van der Waals surface area (Å²) in [5, 5.41) is 1.08. The minimum absolute atomic E-state index is 0.409. The van der Waals surface area contributed by atoms with Crippen LogP contribution < -0.4 is 0 Å². The second-order valence-corrected chi connectivity index (χ2v) is 5.17. The molecule has 0 saturated carbocycles. The number of alkyl halides is 1. The molecule has 14 heavy (non-hydrogen) atoms. The van der Waals surface area contributed by atoms with E-state index in [2.05, 4.69) is 15.9 Å². The highest BCUT2D eigenvalue weighted by Crippen LogP contribution is 2.37. The average Bonchev–Trinajstić information content (AvgIpc) is 2.87. The zero-order valence-electron chi connectivity index (χ0n) is 8.64. The predicted molar refractivity (Wildman–Crippen MR) is 59.9 cm³/mol. The molecule has 82 valence electrons. The third-order valence-corrected chi connectivity index (χ3v) is 4.68. The van der Waals surface area contributed by atoms with Crippen LogP contribution in [-0.2, 0) is 9.47 Å². The van der Waals surface area contributed by atoms with E-state index in [1.54, 1.807) is 0 Å². The summed E-state index contributed by atoms with van der Waals surface area (Å²) < 4.78 is 11.1. The summed E-state index contributed by atoms with van der Waals surface area (Å²) >= 11 is 3.62. The normalized spacial score (nSPS) is 37.9. The van der Waals surface area contributed by atoms with Gasteiger partial charge in [-0.1, -0.05) is 15.9 Å². The van der Waals surface area contributed by atoms with Gasteiger partial charge in [-0.15, -0.1) is 0 Å². The van der Waals surface area contributed by atoms with Crippen molar-refractivity contribution in [2.75, 3.05) is 25.2 Å². The van der Waals surface area contributed by atoms with Crippen molar-refractivity contribution in [1.82, 2.24) is 0 Å². The Morgan fingerprint density at radius 1 is 1.36 bits per heavy atom. The molecule has 0 N–H and O–H groups in total. The fraction of sp³-hybridized carbons (Fsp3) is 1.00. The van der Waals surface area contributed by atoms with E-state index in [0.717, 1.165) is 25.2 Å². The van der Waals surface area contributed by atoms with E-state index >= 15 is 0 Å². The Morgan fingerprint density at radius 3 is 2.86 bits per heavy atom. The molecule has 2 saturated heterocycles. The number of ether oxygens (including phenoxy) is 2. The third kappa shape index (κ3) is 2.50. The van der Waals surface area contributed by atoms with E-state index in [9.17, 15) is 0 Å². The Bertz CT molecular complexity index is 172. The van der Waals surface area contributed by atoms with Crippen LogP contribution in [0.2, 0.25) is 0 Å². The van der Waals surface area contributed by atoms with Gasteiger partial charge >= 0.3 is 0 Å². The SMILES string of the molecule is BrCC1(CCC2CCCO2)CCOC1. The van der Waals surface area contributed by atoms with Gasteiger partial charge in [-0.2, -0.15) is 0 Å². The monoisotopic (exact) mass is 262 g/mol. The van der Waals surface area contributed by atoms with Crippen molar-refractivity contribution < 1.29 is 9.47 Å². The lowest BCUT2D eigenvalue weighted by molar-refractivity contribution is 0.0860. The van der Waals surface area contributed by atoms with E-state index in [1.807, 2.05) is 0 Å². The topological polar surface area (TPSA) is 18.5 Å². The molecule has 2 atom stereocenters. The highest BCUT2D eigenvalue weighted by molar-refractivity contribution is 9.09. The minimum Gasteiger partial charge on any atom is -0.381 e. The molecule has 0 spiro atoms. The van der Waals surface area contributed by atoms with E-state index in [4.69, 9.17) is 9.47 Å². The fourth-order valence-corrected chi connectivity index (χ4v) is 3.08. The van der Waals surface area contributed by atoms with Crippen molar-refractivity contribution in [3.05, 3.63) is 0 Å². The van der Waals surface area contributed by atoms with Crippen LogP contribution in [0.25, 0.3) is 0 Å². The molecule has 3 heteroatoms. The maximum Gasteiger partial charge on any atom is 0.0576 e. The Labute approximate surface area is 94.5 Å². The lowest BCUT2D eigenvalue weighted by Gasteiger charge is -2.25. The molecule has 2 nitrogen and oxygen atoms in total. The largest absolute Gasteiger partial charge is 0.381 e. The zero-order valence-corrected chi connectivity index (χ0v) is 10.2. The van der Waals surface area contributed by atoms with Crippen LogP contribution in [0.1, 0.15) is 32.1 Å². The van der Waals surface area contributed by atoms with Crippen LogP contribution in [0, 0.1) is 5.41 Å². The van der Waals surface area contributed by atoms with Gasteiger partial charge in [-0.05, 0) is 32.1 Å².